The van der Waals surface area contributed by atoms with Gasteiger partial charge in [0.05, 0.1) is 23.0 Å². The van der Waals surface area contributed by atoms with Crippen molar-refractivity contribution in [3.05, 3.63) is 68.6 Å². The van der Waals surface area contributed by atoms with Crippen molar-refractivity contribution in [1.29, 1.82) is 0 Å². The molecule has 0 N–H and O–H groups in total. The maximum Gasteiger partial charge on any atom is 0.308 e. The summed E-state index contributed by atoms with van der Waals surface area (Å²) in [5, 5.41) is 10.7. The molecule has 31 heavy (non-hydrogen) atoms. The molecule has 2 aromatic carbocycles. The van der Waals surface area contributed by atoms with Gasteiger partial charge in [0.15, 0.2) is 11.5 Å². The van der Waals surface area contributed by atoms with E-state index in [-0.39, 0.29) is 28.5 Å². The van der Waals surface area contributed by atoms with Crippen molar-refractivity contribution in [3.63, 3.8) is 0 Å². The van der Waals surface area contributed by atoms with Gasteiger partial charge in [-0.15, -0.1) is 0 Å². The Bertz CT molecular complexity index is 1100. The molecule has 0 saturated carbocycles. The van der Waals surface area contributed by atoms with Gasteiger partial charge in [-0.1, -0.05) is 24.3 Å². The number of nitrogens with zero attached hydrogens (tertiary/aromatic N) is 2. The number of hydrogen-bond acceptors (Lipinski definition) is 8. The third kappa shape index (κ3) is 5.10. The summed E-state index contributed by atoms with van der Waals surface area (Å²) in [6, 6.07) is 10.7. The maximum absolute atomic E-state index is 12.8. The van der Waals surface area contributed by atoms with Crippen molar-refractivity contribution in [2.45, 2.75) is 20.4 Å². The van der Waals surface area contributed by atoms with Crippen LogP contribution >= 0.6 is 11.8 Å². The minimum atomic E-state index is -0.551. The fourth-order valence-corrected chi connectivity index (χ4v) is 3.74. The van der Waals surface area contributed by atoms with Gasteiger partial charge < -0.3 is 9.47 Å². The van der Waals surface area contributed by atoms with E-state index in [9.17, 15) is 24.5 Å². The molecular weight excluding hydrogens is 424 g/mol. The van der Waals surface area contributed by atoms with Crippen molar-refractivity contribution in [1.82, 2.24) is 4.90 Å². The van der Waals surface area contributed by atoms with E-state index in [1.54, 1.807) is 25.1 Å². The Morgan fingerprint density at radius 1 is 1.19 bits per heavy atom. The molecule has 160 valence electrons. The standard InChI is InChI=1S/C21H18N2O7S/c1-3-29-18-10-14(8-9-17(18)30-13(2)24)11-19-20(25)22(21(26)31-19)12-15-6-4-5-7-16(15)23(27)28/h4-11H,3,12H2,1-2H3/b19-11+. The maximum atomic E-state index is 12.8. The highest BCUT2D eigenvalue weighted by Crippen LogP contribution is 2.36. The lowest BCUT2D eigenvalue weighted by Gasteiger charge is -2.12. The zero-order valence-electron chi connectivity index (χ0n) is 16.7. The number of benzene rings is 2. The fraction of sp³-hybridized carbons (Fsp3) is 0.190. The van der Waals surface area contributed by atoms with E-state index in [1.165, 1.54) is 37.3 Å². The number of nitro groups is 1. The van der Waals surface area contributed by atoms with Crippen LogP contribution in [-0.4, -0.2) is 33.5 Å². The van der Waals surface area contributed by atoms with Crippen LogP contribution in [0.5, 0.6) is 11.5 Å². The number of imide groups is 1. The van der Waals surface area contributed by atoms with Crippen molar-refractivity contribution in [3.8, 4) is 11.5 Å². The molecule has 0 spiro atoms. The smallest absolute Gasteiger partial charge is 0.308 e. The molecule has 0 bridgehead atoms. The Morgan fingerprint density at radius 3 is 2.61 bits per heavy atom. The Kier molecular flexibility index (Phi) is 6.71. The molecule has 1 aliphatic heterocycles. The summed E-state index contributed by atoms with van der Waals surface area (Å²) in [5.41, 5.74) is 0.670. The average Bonchev–Trinajstić information content (AvgIpc) is 2.97. The number of rotatable bonds is 7. The highest BCUT2D eigenvalue weighted by atomic mass is 32.2. The zero-order valence-corrected chi connectivity index (χ0v) is 17.5. The first-order valence-corrected chi connectivity index (χ1v) is 10.0. The Labute approximate surface area is 181 Å². The highest BCUT2D eigenvalue weighted by molar-refractivity contribution is 8.18. The van der Waals surface area contributed by atoms with Crippen LogP contribution in [0.25, 0.3) is 6.08 Å². The second kappa shape index (κ2) is 9.43. The summed E-state index contributed by atoms with van der Waals surface area (Å²) in [6.45, 7) is 3.19. The molecule has 2 aromatic rings. The average molecular weight is 442 g/mol. The molecule has 1 fully saturated rings. The molecule has 1 heterocycles. The van der Waals surface area contributed by atoms with Crippen molar-refractivity contribution in [2.24, 2.45) is 0 Å². The molecule has 2 amide bonds. The molecule has 0 radical (unpaired) electrons. The summed E-state index contributed by atoms with van der Waals surface area (Å²) in [6.07, 6.45) is 1.52. The van der Waals surface area contributed by atoms with Gasteiger partial charge in [-0.25, -0.2) is 0 Å². The van der Waals surface area contributed by atoms with Gasteiger partial charge in [0.2, 0.25) is 0 Å². The fourth-order valence-electron chi connectivity index (χ4n) is 2.90. The summed E-state index contributed by atoms with van der Waals surface area (Å²) < 4.78 is 10.6. The normalized spacial score (nSPS) is 14.8. The number of ether oxygens (including phenoxy) is 2. The van der Waals surface area contributed by atoms with E-state index in [4.69, 9.17) is 9.47 Å². The van der Waals surface area contributed by atoms with Crippen molar-refractivity contribution < 1.29 is 28.8 Å². The summed E-state index contributed by atoms with van der Waals surface area (Å²) in [5.74, 6) is -0.471. The first-order chi connectivity index (χ1) is 14.8. The van der Waals surface area contributed by atoms with E-state index < -0.39 is 22.0 Å². The summed E-state index contributed by atoms with van der Waals surface area (Å²) in [7, 11) is 0. The van der Waals surface area contributed by atoms with Gasteiger partial charge in [0.1, 0.15) is 0 Å². The Hall–Kier alpha value is -3.66. The van der Waals surface area contributed by atoms with Crippen LogP contribution in [0.1, 0.15) is 25.0 Å². The number of esters is 1. The number of carbonyl (C=O) groups excluding carboxylic acids is 3. The molecule has 0 aliphatic carbocycles. The van der Waals surface area contributed by atoms with Crippen molar-refractivity contribution in [2.75, 3.05) is 6.61 Å². The molecule has 1 saturated heterocycles. The largest absolute Gasteiger partial charge is 0.490 e. The lowest BCUT2D eigenvalue weighted by Crippen LogP contribution is -2.27. The first kappa shape index (κ1) is 22.0. The number of hydrogen-bond donors (Lipinski definition) is 0. The van der Waals surface area contributed by atoms with E-state index in [2.05, 4.69) is 0 Å². The topological polar surface area (TPSA) is 116 Å². The monoisotopic (exact) mass is 442 g/mol. The molecule has 0 aromatic heterocycles. The zero-order chi connectivity index (χ0) is 22.5. The van der Waals surface area contributed by atoms with Gasteiger partial charge in [-0.3, -0.25) is 29.4 Å². The number of thioether (sulfide) groups is 1. The van der Waals surface area contributed by atoms with E-state index in [0.717, 1.165) is 16.7 Å². The van der Waals surface area contributed by atoms with Gasteiger partial charge in [-0.2, -0.15) is 0 Å². The van der Waals surface area contributed by atoms with Gasteiger partial charge in [-0.05, 0) is 42.5 Å². The van der Waals surface area contributed by atoms with Crippen molar-refractivity contribution >= 4 is 40.6 Å². The number of nitro benzene ring substituents is 1. The number of carbonyl (C=O) groups is 3. The van der Waals surface area contributed by atoms with E-state index in [1.807, 2.05) is 0 Å². The predicted molar refractivity (Wildman–Crippen MR) is 114 cm³/mol. The van der Waals surface area contributed by atoms with Crippen LogP contribution in [0, 0.1) is 10.1 Å². The Morgan fingerprint density at radius 2 is 1.94 bits per heavy atom. The molecule has 1 aliphatic rings. The highest BCUT2D eigenvalue weighted by Gasteiger charge is 2.36. The minimum Gasteiger partial charge on any atom is -0.490 e. The first-order valence-electron chi connectivity index (χ1n) is 9.23. The van der Waals surface area contributed by atoms with Gasteiger partial charge in [0.25, 0.3) is 16.8 Å². The van der Waals surface area contributed by atoms with Crippen LogP contribution in [0.2, 0.25) is 0 Å². The predicted octanol–water partition coefficient (Wildman–Crippen LogP) is 4.16. The molecule has 0 unspecified atom stereocenters. The van der Waals surface area contributed by atoms with Crippen LogP contribution in [0.3, 0.4) is 0 Å². The quantitative estimate of drug-likeness (QED) is 0.206. The van der Waals surface area contributed by atoms with E-state index in [0.29, 0.717) is 17.9 Å². The molecule has 9 nitrogen and oxygen atoms in total. The van der Waals surface area contributed by atoms with Gasteiger partial charge in [0, 0.05) is 18.6 Å². The SMILES string of the molecule is CCOc1cc(/C=C2/SC(=O)N(Cc3ccccc3[N+](=O)[O-])C2=O)ccc1OC(C)=O. The van der Waals surface area contributed by atoms with Crippen LogP contribution < -0.4 is 9.47 Å². The summed E-state index contributed by atoms with van der Waals surface area (Å²) >= 11 is 0.747. The lowest BCUT2D eigenvalue weighted by atomic mass is 10.1. The second-order valence-corrected chi connectivity index (χ2v) is 7.38. The lowest BCUT2D eigenvalue weighted by molar-refractivity contribution is -0.385. The Balaban J connectivity index is 1.86. The third-order valence-electron chi connectivity index (χ3n) is 4.21. The number of para-hydroxylation sites is 1. The second-order valence-electron chi connectivity index (χ2n) is 6.39. The van der Waals surface area contributed by atoms with Crippen LogP contribution in [0.4, 0.5) is 10.5 Å². The molecule has 10 heteroatoms. The minimum absolute atomic E-state index is 0.159. The third-order valence-corrected chi connectivity index (χ3v) is 5.12. The molecular formula is C21H18N2O7S. The van der Waals surface area contributed by atoms with Gasteiger partial charge >= 0.3 is 5.97 Å². The van der Waals surface area contributed by atoms with Crippen LogP contribution in [-0.2, 0) is 16.1 Å². The molecule has 3 rings (SSSR count). The van der Waals surface area contributed by atoms with Crippen LogP contribution in [0.15, 0.2) is 47.4 Å². The number of amides is 2. The summed E-state index contributed by atoms with van der Waals surface area (Å²) in [4.78, 5) is 48.2. The molecule has 0 atom stereocenters. The van der Waals surface area contributed by atoms with E-state index >= 15 is 0 Å².